The van der Waals surface area contributed by atoms with Crippen molar-refractivity contribution < 1.29 is 23.0 Å². The molecule has 0 amide bonds. The number of aromatic nitrogens is 4. The van der Waals surface area contributed by atoms with Crippen LogP contribution in [0.25, 0.3) is 11.2 Å². The third-order valence-electron chi connectivity index (χ3n) is 5.17. The maximum atomic E-state index is 13.1. The minimum atomic E-state index is -1.57. The van der Waals surface area contributed by atoms with Crippen LogP contribution >= 0.6 is 8.38 Å². The molecule has 0 fully saturated rings. The first-order chi connectivity index (χ1) is 17.4. The molecule has 4 rings (SSSR count). The van der Waals surface area contributed by atoms with Gasteiger partial charge in [0.15, 0.2) is 25.3 Å². The van der Waals surface area contributed by atoms with Crippen molar-refractivity contribution in [3.63, 3.8) is 0 Å². The fraction of sp³-hybridized carbons (Fsp3) is 0.250. The highest BCUT2D eigenvalue weighted by atomic mass is 31.2. The minimum Gasteiger partial charge on any atom is -0.370 e. The number of carbonyl (C=O) groups excluding carboxylic acids is 1. The van der Waals surface area contributed by atoms with Crippen LogP contribution in [-0.4, -0.2) is 44.9 Å². The summed E-state index contributed by atoms with van der Waals surface area (Å²) >= 11 is 0. The van der Waals surface area contributed by atoms with Crippen LogP contribution in [0.2, 0.25) is 0 Å². The molecule has 0 aliphatic carbocycles. The normalized spacial score (nSPS) is 12.2. The number of nitrogens with zero attached hydrogens (tertiary/aromatic N) is 3. The van der Waals surface area contributed by atoms with Gasteiger partial charge in [0.25, 0.3) is 5.56 Å². The topological polar surface area (TPSA) is 134 Å². The maximum absolute atomic E-state index is 13.1. The molecule has 0 bridgehead atoms. The highest BCUT2D eigenvalue weighted by Gasteiger charge is 2.16. The van der Waals surface area contributed by atoms with Gasteiger partial charge < -0.3 is 24.1 Å². The molecule has 36 heavy (non-hydrogen) atoms. The first-order valence-corrected chi connectivity index (χ1v) is 12.4. The average Bonchev–Trinajstić information content (AvgIpc) is 3.27. The Morgan fingerprint density at radius 1 is 1.14 bits per heavy atom. The summed E-state index contributed by atoms with van der Waals surface area (Å²) < 4.78 is 32.2. The lowest BCUT2D eigenvalue weighted by atomic mass is 10.1. The van der Waals surface area contributed by atoms with Crippen LogP contribution in [0.15, 0.2) is 59.7 Å². The van der Waals surface area contributed by atoms with Crippen LogP contribution in [0.3, 0.4) is 0 Å². The summed E-state index contributed by atoms with van der Waals surface area (Å²) in [6, 6.07) is 13.2. The fourth-order valence-electron chi connectivity index (χ4n) is 3.23. The van der Waals surface area contributed by atoms with Crippen LogP contribution in [0.5, 0.6) is 0 Å². The van der Waals surface area contributed by atoms with E-state index in [0.717, 1.165) is 11.1 Å². The number of rotatable bonds is 12. The molecule has 188 valence electrons. The van der Waals surface area contributed by atoms with Crippen molar-refractivity contribution in [2.24, 2.45) is 0 Å². The minimum absolute atomic E-state index is 0.00224. The SMILES string of the molecule is Cc1ccc(COP(COCCn2cnc3c(=O)[nH]c(N)nc32)OCC(=O)c2ccc(F)cc2)cc1. The first-order valence-electron chi connectivity index (χ1n) is 11.0. The Morgan fingerprint density at radius 2 is 1.89 bits per heavy atom. The van der Waals surface area contributed by atoms with Crippen molar-refractivity contribution in [2.45, 2.75) is 20.1 Å². The smallest absolute Gasteiger partial charge is 0.280 e. The zero-order valence-corrected chi connectivity index (χ0v) is 20.4. The van der Waals surface area contributed by atoms with E-state index in [4.69, 9.17) is 19.5 Å². The van der Waals surface area contributed by atoms with Gasteiger partial charge in [0, 0.05) is 12.1 Å². The molecule has 1 atom stereocenters. The average molecular weight is 513 g/mol. The molecule has 0 spiro atoms. The largest absolute Gasteiger partial charge is 0.370 e. The molecule has 0 aliphatic rings. The van der Waals surface area contributed by atoms with Gasteiger partial charge in [0.1, 0.15) is 18.8 Å². The molecule has 3 N–H and O–H groups in total. The van der Waals surface area contributed by atoms with E-state index in [9.17, 15) is 14.0 Å². The lowest BCUT2D eigenvalue weighted by molar-refractivity contribution is 0.0896. The number of ether oxygens (including phenoxy) is 1. The first kappa shape index (κ1) is 25.6. The zero-order valence-electron chi connectivity index (χ0n) is 19.5. The van der Waals surface area contributed by atoms with Gasteiger partial charge in [-0.2, -0.15) is 4.98 Å². The van der Waals surface area contributed by atoms with Gasteiger partial charge in [-0.3, -0.25) is 14.6 Å². The van der Waals surface area contributed by atoms with Crippen molar-refractivity contribution in [3.05, 3.63) is 87.7 Å². The second kappa shape index (κ2) is 12.0. The van der Waals surface area contributed by atoms with Gasteiger partial charge in [-0.15, -0.1) is 0 Å². The van der Waals surface area contributed by atoms with E-state index in [1.807, 2.05) is 31.2 Å². The molecule has 0 saturated heterocycles. The number of anilines is 1. The van der Waals surface area contributed by atoms with E-state index in [1.165, 1.54) is 30.6 Å². The molecule has 2 heterocycles. The number of carbonyl (C=O) groups is 1. The number of aromatic amines is 1. The molecule has 2 aromatic heterocycles. The number of ketones is 1. The number of halogens is 1. The van der Waals surface area contributed by atoms with Crippen LogP contribution in [0.1, 0.15) is 21.5 Å². The third kappa shape index (κ3) is 6.79. The Labute approximate surface area is 207 Å². The molecule has 2 aromatic carbocycles. The van der Waals surface area contributed by atoms with Gasteiger partial charge in [0.05, 0.1) is 19.5 Å². The van der Waals surface area contributed by atoms with Crippen LogP contribution < -0.4 is 11.3 Å². The molecule has 4 aromatic rings. The second-order valence-electron chi connectivity index (χ2n) is 7.89. The summed E-state index contributed by atoms with van der Waals surface area (Å²) in [4.78, 5) is 35.0. The monoisotopic (exact) mass is 513 g/mol. The highest BCUT2D eigenvalue weighted by Crippen LogP contribution is 2.39. The standard InChI is InChI=1S/C24H25FN5O5P/c1-16-2-4-17(5-3-16)12-34-36(35-13-20(31)18-6-8-19(25)9-7-18)15-33-11-10-30-14-27-21-22(30)28-24(26)29-23(21)32/h2-9,14H,10-13,15H2,1H3,(H3,26,28,29,32). The summed E-state index contributed by atoms with van der Waals surface area (Å²) in [6.45, 7) is 2.67. The Balaban J connectivity index is 1.34. The molecule has 0 aliphatic heterocycles. The van der Waals surface area contributed by atoms with Gasteiger partial charge in [0.2, 0.25) is 5.95 Å². The van der Waals surface area contributed by atoms with Gasteiger partial charge >= 0.3 is 0 Å². The number of fused-ring (bicyclic) bond motifs is 1. The number of nitrogens with one attached hydrogen (secondary N) is 1. The lowest BCUT2D eigenvalue weighted by Crippen LogP contribution is -2.13. The summed E-state index contributed by atoms with van der Waals surface area (Å²) in [7, 11) is -1.57. The number of hydrogen-bond donors (Lipinski definition) is 2. The number of Topliss-reactive ketones (excluding diaryl/α,β-unsaturated/α-hetero) is 1. The number of nitrogen functional groups attached to an aromatic ring is 1. The summed E-state index contributed by atoms with van der Waals surface area (Å²) in [5.41, 5.74) is 8.21. The van der Waals surface area contributed by atoms with Crippen LogP contribution in [0.4, 0.5) is 10.3 Å². The summed E-state index contributed by atoms with van der Waals surface area (Å²) in [5.74, 6) is -0.708. The number of H-pyrrole nitrogens is 1. The Bertz CT molecular complexity index is 1370. The van der Waals surface area contributed by atoms with E-state index >= 15 is 0 Å². The fourth-order valence-corrected chi connectivity index (χ4v) is 4.28. The predicted octanol–water partition coefficient (Wildman–Crippen LogP) is 3.55. The number of nitrogens with two attached hydrogens (primary N) is 1. The number of imidazole rings is 1. The zero-order chi connectivity index (χ0) is 25.5. The molecule has 10 nitrogen and oxygen atoms in total. The Morgan fingerprint density at radius 3 is 2.64 bits per heavy atom. The summed E-state index contributed by atoms with van der Waals surface area (Å²) in [6.07, 6.45) is 1.60. The van der Waals surface area contributed by atoms with Crippen molar-refractivity contribution in [1.82, 2.24) is 19.5 Å². The molecular formula is C24H25FN5O5P. The molecule has 12 heteroatoms. The van der Waals surface area contributed by atoms with Crippen molar-refractivity contribution in [1.29, 1.82) is 0 Å². The second-order valence-corrected chi connectivity index (χ2v) is 9.33. The van der Waals surface area contributed by atoms with E-state index in [-0.39, 0.29) is 43.4 Å². The van der Waals surface area contributed by atoms with Gasteiger partial charge in [-0.25, -0.2) is 9.37 Å². The van der Waals surface area contributed by atoms with Gasteiger partial charge in [-0.1, -0.05) is 29.8 Å². The number of aryl methyl sites for hydroxylation is 1. The Kier molecular flexibility index (Phi) is 8.50. The molecular weight excluding hydrogens is 488 g/mol. The predicted molar refractivity (Wildman–Crippen MR) is 133 cm³/mol. The van der Waals surface area contributed by atoms with Crippen LogP contribution in [-0.2, 0) is 26.9 Å². The van der Waals surface area contributed by atoms with E-state index in [1.54, 1.807) is 4.57 Å². The highest BCUT2D eigenvalue weighted by molar-refractivity contribution is 7.47. The maximum Gasteiger partial charge on any atom is 0.280 e. The van der Waals surface area contributed by atoms with Crippen LogP contribution in [0, 0.1) is 12.7 Å². The quantitative estimate of drug-likeness (QED) is 0.167. The van der Waals surface area contributed by atoms with Crippen molar-refractivity contribution in [2.75, 3.05) is 25.3 Å². The number of benzene rings is 2. The Hall–Kier alpha value is -3.50. The van der Waals surface area contributed by atoms with Gasteiger partial charge in [-0.05, 0) is 36.8 Å². The van der Waals surface area contributed by atoms with Crippen molar-refractivity contribution >= 4 is 31.3 Å². The van der Waals surface area contributed by atoms with E-state index in [2.05, 4.69) is 15.0 Å². The number of hydrogen-bond acceptors (Lipinski definition) is 8. The third-order valence-corrected chi connectivity index (χ3v) is 6.40. The van der Waals surface area contributed by atoms with E-state index in [0.29, 0.717) is 17.8 Å². The van der Waals surface area contributed by atoms with Crippen molar-refractivity contribution in [3.8, 4) is 0 Å². The molecule has 0 radical (unpaired) electrons. The lowest BCUT2D eigenvalue weighted by Gasteiger charge is -2.18. The molecule has 1 unspecified atom stereocenters. The molecule has 0 saturated carbocycles. The van der Waals surface area contributed by atoms with E-state index < -0.39 is 19.8 Å². The summed E-state index contributed by atoms with van der Waals surface area (Å²) in [5, 5.41) is 0.